The molecule has 0 saturated carbocycles. The van der Waals surface area contributed by atoms with E-state index in [0.717, 1.165) is 49.9 Å². The summed E-state index contributed by atoms with van der Waals surface area (Å²) in [7, 11) is 0. The van der Waals surface area contributed by atoms with Crippen LogP contribution in [-0.2, 0) is 19.5 Å². The average molecular weight is 393 g/mol. The van der Waals surface area contributed by atoms with Gasteiger partial charge in [-0.25, -0.2) is 0 Å². The number of anilines is 1. The first-order valence-electron chi connectivity index (χ1n) is 8.16. The molecule has 0 radical (unpaired) electrons. The van der Waals surface area contributed by atoms with Gasteiger partial charge in [0.25, 0.3) is 0 Å². The smallest absolute Gasteiger partial charge is 0.0639 e. The van der Waals surface area contributed by atoms with Gasteiger partial charge in [-0.05, 0) is 66.8 Å². The molecule has 0 saturated heterocycles. The van der Waals surface area contributed by atoms with E-state index in [1.807, 2.05) is 24.3 Å². The molecule has 5 rings (SSSR count). The van der Waals surface area contributed by atoms with Crippen LogP contribution in [0.15, 0.2) is 42.5 Å². The number of nitrogen functional groups attached to an aromatic ring is 1. The number of nitrogens with two attached hydrogens (primary N) is 1. The molecule has 0 atom stereocenters. The summed E-state index contributed by atoms with van der Waals surface area (Å²) < 4.78 is 0. The summed E-state index contributed by atoms with van der Waals surface area (Å²) in [5, 5.41) is 3.96. The maximum absolute atomic E-state index is 6.15. The van der Waals surface area contributed by atoms with E-state index in [2.05, 4.69) is 62.4 Å². The molecule has 0 aromatic carbocycles. The number of nitrogens with one attached hydrogen (secondary N) is 4. The quantitative estimate of drug-likeness (QED) is 0.240. The van der Waals surface area contributed by atoms with Crippen LogP contribution < -0.4 is 27.1 Å². The molecule has 0 unspecified atom stereocenters. The normalized spacial score (nSPS) is 12.2. The first kappa shape index (κ1) is 16.5. The zero-order valence-corrected chi connectivity index (χ0v) is 17.1. The summed E-state index contributed by atoms with van der Waals surface area (Å²) >= 11 is 0. The van der Waals surface area contributed by atoms with Crippen molar-refractivity contribution in [3.63, 3.8) is 0 Å². The van der Waals surface area contributed by atoms with Gasteiger partial charge in [0.05, 0.1) is 11.0 Å². The Morgan fingerprint density at radius 3 is 1.62 bits per heavy atom. The van der Waals surface area contributed by atoms with Gasteiger partial charge in [0.15, 0.2) is 0 Å². The average Bonchev–Trinajstić information content (AvgIpc) is 3.33. The minimum Gasteiger partial charge on any atom is -0.397 e. The van der Waals surface area contributed by atoms with E-state index < -0.39 is 0 Å². The monoisotopic (exact) mass is 391 g/mol. The van der Waals surface area contributed by atoms with Crippen LogP contribution in [-0.4, -0.2) is 19.9 Å². The standard InChI is InChI=1S/C20H17N5.Zn/c21-19-10-18-9-16-4-3-14(23-16)7-12-1-2-13(22-12)8-15-5-6-17(24-15)11-20(19)25-18;/h1-11,22-25H,21H2;. The van der Waals surface area contributed by atoms with E-state index in [1.54, 1.807) is 0 Å². The maximum atomic E-state index is 6.15. The molecule has 8 bridgehead atoms. The Balaban J connectivity index is 0.00000168. The van der Waals surface area contributed by atoms with Crippen molar-refractivity contribution in [3.8, 4) is 0 Å². The summed E-state index contributed by atoms with van der Waals surface area (Å²) in [6, 6.07) is 14.3. The van der Waals surface area contributed by atoms with Crippen LogP contribution in [0.25, 0.3) is 24.3 Å². The second-order valence-corrected chi connectivity index (χ2v) is 6.28. The Bertz CT molecular complexity index is 1310. The van der Waals surface area contributed by atoms with Gasteiger partial charge in [-0.3, -0.25) is 0 Å². The number of hydrogen-bond acceptors (Lipinski definition) is 1. The summed E-state index contributed by atoms with van der Waals surface area (Å²) in [6.45, 7) is 0. The van der Waals surface area contributed by atoms with E-state index in [9.17, 15) is 0 Å². The third-order valence-electron chi connectivity index (χ3n) is 4.33. The van der Waals surface area contributed by atoms with Gasteiger partial charge in [0.1, 0.15) is 0 Å². The first-order valence-corrected chi connectivity index (χ1v) is 8.16. The summed E-state index contributed by atoms with van der Waals surface area (Å²) in [5.74, 6) is 0. The van der Waals surface area contributed by atoms with Crippen molar-refractivity contribution < 1.29 is 19.5 Å². The van der Waals surface area contributed by atoms with E-state index in [4.69, 9.17) is 5.73 Å². The Morgan fingerprint density at radius 2 is 1.04 bits per heavy atom. The second kappa shape index (κ2) is 6.39. The molecule has 124 valence electrons. The fourth-order valence-electron chi connectivity index (χ4n) is 3.16. The minimum absolute atomic E-state index is 0. The number of H-pyrrole nitrogens is 4. The van der Waals surface area contributed by atoms with Crippen LogP contribution in [0.5, 0.6) is 0 Å². The number of aromatic amines is 4. The summed E-state index contributed by atoms with van der Waals surface area (Å²) in [5.41, 5.74) is 11.0. The maximum Gasteiger partial charge on any atom is 0.0639 e. The fraction of sp³-hybridized carbons (Fsp3) is 0. The van der Waals surface area contributed by atoms with E-state index in [0.29, 0.717) is 0 Å². The van der Waals surface area contributed by atoms with Gasteiger partial charge >= 0.3 is 0 Å². The molecular weight excluding hydrogens is 376 g/mol. The van der Waals surface area contributed by atoms with Crippen molar-refractivity contribution in [1.29, 1.82) is 0 Å². The molecule has 4 aromatic rings. The van der Waals surface area contributed by atoms with Gasteiger partial charge in [0, 0.05) is 58.3 Å². The van der Waals surface area contributed by atoms with Crippen molar-refractivity contribution in [2.24, 2.45) is 0 Å². The van der Waals surface area contributed by atoms with Crippen molar-refractivity contribution in [1.82, 2.24) is 19.9 Å². The minimum atomic E-state index is 0. The van der Waals surface area contributed by atoms with Crippen LogP contribution in [0.4, 0.5) is 5.69 Å². The molecule has 6 N–H and O–H groups in total. The SMILES string of the molecule is Nc1cc2[nH]c1=Cc1ccc([nH]1)C=c1ccc([nH]1)=Cc1ccc([nH]1)C=2.[Zn]. The molecule has 0 fully saturated rings. The van der Waals surface area contributed by atoms with Crippen molar-refractivity contribution in [2.75, 3.05) is 5.73 Å². The molecule has 1 aliphatic rings. The molecule has 26 heavy (non-hydrogen) atoms. The van der Waals surface area contributed by atoms with Gasteiger partial charge in [0.2, 0.25) is 0 Å². The number of hydrogen-bond donors (Lipinski definition) is 5. The molecule has 5 nitrogen and oxygen atoms in total. The fourth-order valence-corrected chi connectivity index (χ4v) is 3.16. The van der Waals surface area contributed by atoms with E-state index in [-0.39, 0.29) is 19.5 Å². The molecule has 0 amide bonds. The molecule has 6 heteroatoms. The Hall–Kier alpha value is -2.98. The van der Waals surface area contributed by atoms with Crippen LogP contribution in [0.1, 0.15) is 22.8 Å². The van der Waals surface area contributed by atoms with Crippen LogP contribution in [0.2, 0.25) is 0 Å². The molecule has 1 aliphatic heterocycles. The Kier molecular flexibility index (Phi) is 4.05. The largest absolute Gasteiger partial charge is 0.397 e. The van der Waals surface area contributed by atoms with Gasteiger partial charge in [-0.15, -0.1) is 0 Å². The van der Waals surface area contributed by atoms with Crippen LogP contribution in [0, 0.1) is 0 Å². The van der Waals surface area contributed by atoms with Crippen molar-refractivity contribution in [2.45, 2.75) is 0 Å². The molecular formula is C20H17N5Zn. The Morgan fingerprint density at radius 1 is 0.538 bits per heavy atom. The van der Waals surface area contributed by atoms with E-state index >= 15 is 0 Å². The van der Waals surface area contributed by atoms with Gasteiger partial charge in [-0.2, -0.15) is 0 Å². The molecule has 0 spiro atoms. The first-order chi connectivity index (χ1) is 12.2. The Labute approximate surface area is 161 Å². The van der Waals surface area contributed by atoms with Gasteiger partial charge in [-0.1, -0.05) is 0 Å². The number of fused-ring (bicyclic) bond motifs is 8. The summed E-state index contributed by atoms with van der Waals surface area (Å²) in [6.07, 6.45) is 8.23. The predicted octanol–water partition coefficient (Wildman–Crippen LogP) is 0.207. The van der Waals surface area contributed by atoms with E-state index in [1.165, 1.54) is 0 Å². The third-order valence-corrected chi connectivity index (χ3v) is 4.33. The van der Waals surface area contributed by atoms with Crippen LogP contribution in [0.3, 0.4) is 0 Å². The third kappa shape index (κ3) is 3.11. The molecule has 5 heterocycles. The zero-order valence-electron chi connectivity index (χ0n) is 14.1. The number of aromatic nitrogens is 4. The molecule has 4 aromatic heterocycles. The topological polar surface area (TPSA) is 89.2 Å². The van der Waals surface area contributed by atoms with Gasteiger partial charge < -0.3 is 25.7 Å². The van der Waals surface area contributed by atoms with Crippen molar-refractivity contribution >= 4 is 30.0 Å². The number of rotatable bonds is 0. The molecule has 0 aliphatic carbocycles. The summed E-state index contributed by atoms with van der Waals surface area (Å²) in [4.78, 5) is 13.5. The predicted molar refractivity (Wildman–Crippen MR) is 100 cm³/mol. The van der Waals surface area contributed by atoms with Crippen molar-refractivity contribution in [3.05, 3.63) is 86.6 Å². The zero-order chi connectivity index (χ0) is 16.8. The van der Waals surface area contributed by atoms with Crippen LogP contribution >= 0.6 is 0 Å². The second-order valence-electron chi connectivity index (χ2n) is 6.28.